The van der Waals surface area contributed by atoms with Crippen LogP contribution >= 0.6 is 23.1 Å². The van der Waals surface area contributed by atoms with Crippen molar-refractivity contribution >= 4 is 44.4 Å². The minimum atomic E-state index is -0.717. The lowest BCUT2D eigenvalue weighted by Gasteiger charge is -2.23. The summed E-state index contributed by atoms with van der Waals surface area (Å²) < 4.78 is 33.7. The van der Waals surface area contributed by atoms with Gasteiger partial charge in [0, 0.05) is 18.4 Å². The highest BCUT2D eigenvalue weighted by Gasteiger charge is 2.26. The van der Waals surface area contributed by atoms with Crippen LogP contribution in [0.15, 0.2) is 42.5 Å². The van der Waals surface area contributed by atoms with E-state index in [1.807, 2.05) is 30.3 Å². The van der Waals surface area contributed by atoms with Gasteiger partial charge in [0.05, 0.1) is 23.1 Å². The normalized spacial score (nSPS) is 16.4. The van der Waals surface area contributed by atoms with Gasteiger partial charge >= 0.3 is 0 Å². The van der Waals surface area contributed by atoms with Crippen molar-refractivity contribution in [1.29, 1.82) is 0 Å². The van der Waals surface area contributed by atoms with Gasteiger partial charge in [0.1, 0.15) is 11.3 Å². The fourth-order valence-corrected chi connectivity index (χ4v) is 5.14. The third-order valence-electron chi connectivity index (χ3n) is 4.68. The van der Waals surface area contributed by atoms with Crippen LogP contribution in [0, 0.1) is 11.6 Å². The largest absolute Gasteiger partial charge is 0.376 e. The van der Waals surface area contributed by atoms with E-state index in [4.69, 9.17) is 4.74 Å². The first-order chi connectivity index (χ1) is 14.1. The third-order valence-corrected chi connectivity index (χ3v) is 6.70. The number of anilines is 1. The number of carbonyl (C=O) groups is 1. The fraction of sp³-hybridized carbons (Fsp3) is 0.333. The molecule has 1 fully saturated rings. The molecule has 0 N–H and O–H groups in total. The maximum Gasteiger partial charge on any atom is 0.238 e. The van der Waals surface area contributed by atoms with Crippen LogP contribution in [0.25, 0.3) is 10.2 Å². The molecule has 1 amide bonds. The first-order valence-electron chi connectivity index (χ1n) is 9.39. The number of thiazole rings is 1. The molecule has 4 nitrogen and oxygen atoms in total. The van der Waals surface area contributed by atoms with Gasteiger partial charge in [-0.05, 0) is 24.5 Å². The zero-order valence-corrected chi connectivity index (χ0v) is 17.3. The molecule has 2 heterocycles. The molecule has 4 rings (SSSR count). The zero-order chi connectivity index (χ0) is 20.2. The van der Waals surface area contributed by atoms with Crippen molar-refractivity contribution in [2.45, 2.75) is 24.7 Å². The molecular formula is C21H20F2N2O2S2. The van der Waals surface area contributed by atoms with Crippen LogP contribution in [0.1, 0.15) is 18.4 Å². The molecule has 0 bridgehead atoms. The number of benzene rings is 2. The van der Waals surface area contributed by atoms with Gasteiger partial charge in [-0.3, -0.25) is 9.69 Å². The van der Waals surface area contributed by atoms with Crippen molar-refractivity contribution in [3.63, 3.8) is 0 Å². The summed E-state index contributed by atoms with van der Waals surface area (Å²) in [5.74, 6) is -0.485. The van der Waals surface area contributed by atoms with Gasteiger partial charge in [0.15, 0.2) is 10.9 Å². The second-order valence-corrected chi connectivity index (χ2v) is 8.84. The Balaban J connectivity index is 1.52. The molecule has 0 saturated carbocycles. The molecule has 1 aliphatic rings. The molecule has 152 valence electrons. The molecule has 1 unspecified atom stereocenters. The van der Waals surface area contributed by atoms with Crippen molar-refractivity contribution in [2.24, 2.45) is 0 Å². The molecule has 1 aromatic heterocycles. The lowest BCUT2D eigenvalue weighted by molar-refractivity contribution is -0.116. The van der Waals surface area contributed by atoms with Crippen molar-refractivity contribution < 1.29 is 18.3 Å². The van der Waals surface area contributed by atoms with E-state index in [0.29, 0.717) is 23.0 Å². The van der Waals surface area contributed by atoms with E-state index in [1.54, 1.807) is 4.90 Å². The topological polar surface area (TPSA) is 42.4 Å². The summed E-state index contributed by atoms with van der Waals surface area (Å²) in [5, 5.41) is 0.380. The lowest BCUT2D eigenvalue weighted by atomic mass is 10.2. The second kappa shape index (κ2) is 9.19. The number of fused-ring (bicyclic) bond motifs is 1. The van der Waals surface area contributed by atoms with Gasteiger partial charge < -0.3 is 4.74 Å². The number of hydrogen-bond acceptors (Lipinski definition) is 5. The summed E-state index contributed by atoms with van der Waals surface area (Å²) in [6, 6.07) is 12.0. The van der Waals surface area contributed by atoms with Crippen LogP contribution in [0.5, 0.6) is 0 Å². The average Bonchev–Trinajstić information content (AvgIpc) is 3.36. The van der Waals surface area contributed by atoms with E-state index in [2.05, 4.69) is 4.98 Å². The highest BCUT2D eigenvalue weighted by atomic mass is 32.2. The smallest absolute Gasteiger partial charge is 0.238 e. The SMILES string of the molecule is O=C(CSCc1ccccc1)N(CC1CCCO1)c1nc2c(F)cc(F)cc2s1. The van der Waals surface area contributed by atoms with Gasteiger partial charge in [-0.2, -0.15) is 0 Å². The minimum absolute atomic E-state index is 0.0633. The molecule has 2 aromatic carbocycles. The Hall–Kier alpha value is -2.03. The van der Waals surface area contributed by atoms with Gasteiger partial charge in [-0.25, -0.2) is 13.8 Å². The van der Waals surface area contributed by atoms with Gasteiger partial charge in [0.2, 0.25) is 5.91 Å². The zero-order valence-electron chi connectivity index (χ0n) is 15.6. The number of carbonyl (C=O) groups excluding carboxylic acids is 1. The van der Waals surface area contributed by atoms with Crippen molar-refractivity contribution in [3.8, 4) is 0 Å². The number of aromatic nitrogens is 1. The van der Waals surface area contributed by atoms with Crippen LogP contribution in [-0.2, 0) is 15.3 Å². The van der Waals surface area contributed by atoms with Crippen LogP contribution in [0.3, 0.4) is 0 Å². The van der Waals surface area contributed by atoms with E-state index in [9.17, 15) is 13.6 Å². The molecule has 1 saturated heterocycles. The molecule has 0 radical (unpaired) electrons. The molecule has 0 aliphatic carbocycles. The van der Waals surface area contributed by atoms with E-state index < -0.39 is 11.6 Å². The number of thioether (sulfide) groups is 1. The first-order valence-corrected chi connectivity index (χ1v) is 11.4. The molecular weight excluding hydrogens is 414 g/mol. The van der Waals surface area contributed by atoms with Crippen molar-refractivity contribution in [2.75, 3.05) is 23.8 Å². The van der Waals surface area contributed by atoms with Gasteiger partial charge in [0.25, 0.3) is 0 Å². The number of ether oxygens (including phenoxy) is 1. The molecule has 1 atom stereocenters. The highest BCUT2D eigenvalue weighted by molar-refractivity contribution is 7.99. The highest BCUT2D eigenvalue weighted by Crippen LogP contribution is 2.32. The summed E-state index contributed by atoms with van der Waals surface area (Å²) in [6.07, 6.45) is 1.76. The predicted octanol–water partition coefficient (Wildman–Crippen LogP) is 5.02. The Morgan fingerprint density at radius 2 is 2.10 bits per heavy atom. The van der Waals surface area contributed by atoms with Crippen LogP contribution in [0.2, 0.25) is 0 Å². The third kappa shape index (κ3) is 4.94. The van der Waals surface area contributed by atoms with Crippen LogP contribution < -0.4 is 4.90 Å². The van der Waals surface area contributed by atoms with E-state index >= 15 is 0 Å². The molecule has 29 heavy (non-hydrogen) atoms. The Morgan fingerprint density at radius 3 is 2.86 bits per heavy atom. The standard InChI is InChI=1S/C21H20F2N2O2S2/c22-15-9-17(23)20-18(10-15)29-21(24-20)25(11-16-7-4-8-27-16)19(26)13-28-12-14-5-2-1-3-6-14/h1-3,5-6,9-10,16H,4,7-8,11-13H2. The number of hydrogen-bond donors (Lipinski definition) is 0. The Kier molecular flexibility index (Phi) is 6.42. The Labute approximate surface area is 175 Å². The average molecular weight is 435 g/mol. The maximum absolute atomic E-state index is 14.1. The summed E-state index contributed by atoms with van der Waals surface area (Å²) in [5.41, 5.74) is 1.24. The minimum Gasteiger partial charge on any atom is -0.376 e. The van der Waals surface area contributed by atoms with E-state index in [1.165, 1.54) is 17.8 Å². The number of amides is 1. The van der Waals surface area contributed by atoms with Crippen LogP contribution in [-0.4, -0.2) is 35.9 Å². The summed E-state index contributed by atoms with van der Waals surface area (Å²) in [7, 11) is 0. The Morgan fingerprint density at radius 1 is 1.28 bits per heavy atom. The monoisotopic (exact) mass is 434 g/mol. The van der Waals surface area contributed by atoms with Gasteiger partial charge in [-0.15, -0.1) is 11.8 Å². The lowest BCUT2D eigenvalue weighted by Crippen LogP contribution is -2.38. The predicted molar refractivity (Wildman–Crippen MR) is 113 cm³/mol. The number of nitrogens with zero attached hydrogens (tertiary/aromatic N) is 2. The summed E-state index contributed by atoms with van der Waals surface area (Å²) in [6.45, 7) is 1.05. The maximum atomic E-state index is 14.1. The first kappa shape index (κ1) is 20.3. The second-order valence-electron chi connectivity index (χ2n) is 6.85. The molecule has 8 heteroatoms. The molecule has 1 aliphatic heterocycles. The molecule has 3 aromatic rings. The number of halogens is 2. The number of rotatable bonds is 7. The summed E-state index contributed by atoms with van der Waals surface area (Å²) >= 11 is 2.64. The van der Waals surface area contributed by atoms with Gasteiger partial charge in [-0.1, -0.05) is 41.7 Å². The summed E-state index contributed by atoms with van der Waals surface area (Å²) in [4.78, 5) is 18.9. The fourth-order valence-electron chi connectivity index (χ4n) is 3.25. The van der Waals surface area contributed by atoms with E-state index in [0.717, 1.165) is 41.6 Å². The Bertz CT molecular complexity index is 991. The van der Waals surface area contributed by atoms with Crippen LogP contribution in [0.4, 0.5) is 13.9 Å². The van der Waals surface area contributed by atoms with Crippen molar-refractivity contribution in [3.05, 3.63) is 59.7 Å². The van der Waals surface area contributed by atoms with E-state index in [-0.39, 0.29) is 23.3 Å². The quantitative estimate of drug-likeness (QED) is 0.524. The van der Waals surface area contributed by atoms with Crippen molar-refractivity contribution in [1.82, 2.24) is 4.98 Å². The molecule has 0 spiro atoms.